The van der Waals surface area contributed by atoms with Crippen LogP contribution in [0, 0.1) is 0 Å². The highest BCUT2D eigenvalue weighted by atomic mass is 15.2. The molecule has 0 aromatic heterocycles. The van der Waals surface area contributed by atoms with Crippen LogP contribution in [0.25, 0.3) is 0 Å². The van der Waals surface area contributed by atoms with Crippen LogP contribution in [-0.4, -0.2) is 33.2 Å². The van der Waals surface area contributed by atoms with Crippen molar-refractivity contribution in [3.8, 4) is 0 Å². The van der Waals surface area contributed by atoms with Gasteiger partial charge < -0.3 is 15.5 Å². The third kappa shape index (κ3) is 1.99. The summed E-state index contributed by atoms with van der Waals surface area (Å²) >= 11 is 0. The standard InChI is InChI=1S/C11H17N3/c1-12-10-2-4-11(5-3-10)14-8-6-13-7-9-14/h2-5,12-13H,6-9H2,1H3. The molecule has 3 heteroatoms. The second-order valence-electron chi connectivity index (χ2n) is 3.53. The predicted octanol–water partition coefficient (Wildman–Crippen LogP) is 1.14. The Morgan fingerprint density at radius 2 is 1.79 bits per heavy atom. The Morgan fingerprint density at radius 1 is 1.14 bits per heavy atom. The van der Waals surface area contributed by atoms with E-state index in [0.29, 0.717) is 0 Å². The Kier molecular flexibility index (Phi) is 2.89. The van der Waals surface area contributed by atoms with E-state index in [1.54, 1.807) is 0 Å². The summed E-state index contributed by atoms with van der Waals surface area (Å²) in [4.78, 5) is 2.41. The molecule has 2 rings (SSSR count). The molecule has 2 N–H and O–H groups in total. The normalized spacial score (nSPS) is 16.8. The first-order chi connectivity index (χ1) is 6.90. The van der Waals surface area contributed by atoms with Crippen molar-refractivity contribution in [2.24, 2.45) is 0 Å². The van der Waals surface area contributed by atoms with Crippen LogP contribution < -0.4 is 15.5 Å². The van der Waals surface area contributed by atoms with Crippen LogP contribution in [0.5, 0.6) is 0 Å². The van der Waals surface area contributed by atoms with Gasteiger partial charge in [-0.2, -0.15) is 0 Å². The average Bonchev–Trinajstić information content (AvgIpc) is 2.30. The van der Waals surface area contributed by atoms with Crippen molar-refractivity contribution in [1.82, 2.24) is 5.32 Å². The number of rotatable bonds is 2. The molecule has 0 aliphatic carbocycles. The Labute approximate surface area is 85.1 Å². The van der Waals surface area contributed by atoms with E-state index in [0.717, 1.165) is 26.2 Å². The van der Waals surface area contributed by atoms with Crippen molar-refractivity contribution < 1.29 is 0 Å². The summed E-state index contributed by atoms with van der Waals surface area (Å²) in [5.41, 5.74) is 2.49. The number of anilines is 2. The lowest BCUT2D eigenvalue weighted by atomic mass is 10.2. The van der Waals surface area contributed by atoms with Gasteiger partial charge in [-0.15, -0.1) is 0 Å². The van der Waals surface area contributed by atoms with Gasteiger partial charge in [-0.05, 0) is 24.3 Å². The topological polar surface area (TPSA) is 27.3 Å². The first-order valence-corrected chi connectivity index (χ1v) is 5.13. The van der Waals surface area contributed by atoms with Gasteiger partial charge in [0.15, 0.2) is 0 Å². The Morgan fingerprint density at radius 3 is 2.36 bits per heavy atom. The molecule has 1 aromatic rings. The second kappa shape index (κ2) is 4.33. The Balaban J connectivity index is 2.07. The quantitative estimate of drug-likeness (QED) is 0.734. The highest BCUT2D eigenvalue weighted by molar-refractivity contribution is 5.55. The van der Waals surface area contributed by atoms with Crippen LogP contribution in [0.1, 0.15) is 0 Å². The molecule has 1 aliphatic heterocycles. The number of nitrogens with one attached hydrogen (secondary N) is 2. The summed E-state index contributed by atoms with van der Waals surface area (Å²) in [7, 11) is 1.94. The molecular weight excluding hydrogens is 174 g/mol. The lowest BCUT2D eigenvalue weighted by Gasteiger charge is -2.29. The van der Waals surface area contributed by atoms with Crippen LogP contribution in [-0.2, 0) is 0 Å². The maximum Gasteiger partial charge on any atom is 0.0368 e. The molecule has 0 saturated carbocycles. The largest absolute Gasteiger partial charge is 0.388 e. The van der Waals surface area contributed by atoms with Crippen LogP contribution in [0.4, 0.5) is 11.4 Å². The first kappa shape index (κ1) is 9.34. The zero-order valence-electron chi connectivity index (χ0n) is 8.59. The first-order valence-electron chi connectivity index (χ1n) is 5.13. The third-order valence-electron chi connectivity index (χ3n) is 2.64. The molecule has 1 fully saturated rings. The van der Waals surface area contributed by atoms with Gasteiger partial charge in [-0.25, -0.2) is 0 Å². The average molecular weight is 191 g/mol. The summed E-state index contributed by atoms with van der Waals surface area (Å²) in [5.74, 6) is 0. The molecule has 14 heavy (non-hydrogen) atoms. The molecule has 3 nitrogen and oxygen atoms in total. The van der Waals surface area contributed by atoms with Crippen molar-refractivity contribution in [2.45, 2.75) is 0 Å². The smallest absolute Gasteiger partial charge is 0.0368 e. The summed E-state index contributed by atoms with van der Waals surface area (Å²) in [6, 6.07) is 8.60. The van der Waals surface area contributed by atoms with E-state index in [-0.39, 0.29) is 0 Å². The number of hydrogen-bond donors (Lipinski definition) is 2. The molecule has 0 bridgehead atoms. The molecule has 0 atom stereocenters. The minimum atomic E-state index is 1.09. The van der Waals surface area contributed by atoms with Crippen molar-refractivity contribution in [2.75, 3.05) is 43.4 Å². The van der Waals surface area contributed by atoms with E-state index in [4.69, 9.17) is 0 Å². The monoisotopic (exact) mass is 191 g/mol. The molecule has 1 heterocycles. The number of piperazine rings is 1. The molecule has 0 unspecified atom stereocenters. The van der Waals surface area contributed by atoms with Crippen molar-refractivity contribution in [1.29, 1.82) is 0 Å². The Bertz CT molecular complexity index is 275. The van der Waals surface area contributed by atoms with E-state index < -0.39 is 0 Å². The maximum atomic E-state index is 3.35. The summed E-state index contributed by atoms with van der Waals surface area (Å²) < 4.78 is 0. The SMILES string of the molecule is CNc1ccc(N2CCNCC2)cc1. The molecule has 1 aromatic carbocycles. The van der Waals surface area contributed by atoms with E-state index in [1.807, 2.05) is 7.05 Å². The van der Waals surface area contributed by atoms with E-state index in [1.165, 1.54) is 11.4 Å². The van der Waals surface area contributed by atoms with Gasteiger partial charge in [0.05, 0.1) is 0 Å². The second-order valence-corrected chi connectivity index (χ2v) is 3.53. The minimum absolute atomic E-state index is 1.09. The van der Waals surface area contributed by atoms with Crippen molar-refractivity contribution in [3.63, 3.8) is 0 Å². The third-order valence-corrected chi connectivity index (χ3v) is 2.64. The molecule has 76 valence electrons. The fourth-order valence-electron chi connectivity index (χ4n) is 1.76. The molecule has 0 spiro atoms. The molecule has 1 aliphatic rings. The molecule has 1 saturated heterocycles. The van der Waals surface area contributed by atoms with Gasteiger partial charge in [0.1, 0.15) is 0 Å². The van der Waals surface area contributed by atoms with Crippen LogP contribution in [0.2, 0.25) is 0 Å². The van der Waals surface area contributed by atoms with Gasteiger partial charge in [0, 0.05) is 44.6 Å². The number of hydrogen-bond acceptors (Lipinski definition) is 3. The van der Waals surface area contributed by atoms with Gasteiger partial charge in [-0.1, -0.05) is 0 Å². The van der Waals surface area contributed by atoms with Gasteiger partial charge >= 0.3 is 0 Å². The molecular formula is C11H17N3. The lowest BCUT2D eigenvalue weighted by molar-refractivity contribution is 0.589. The van der Waals surface area contributed by atoms with E-state index >= 15 is 0 Å². The lowest BCUT2D eigenvalue weighted by Crippen LogP contribution is -2.43. The molecule has 0 radical (unpaired) electrons. The van der Waals surface area contributed by atoms with Crippen molar-refractivity contribution in [3.05, 3.63) is 24.3 Å². The van der Waals surface area contributed by atoms with Crippen LogP contribution >= 0.6 is 0 Å². The number of benzene rings is 1. The van der Waals surface area contributed by atoms with Gasteiger partial charge in [-0.3, -0.25) is 0 Å². The fraction of sp³-hybridized carbons (Fsp3) is 0.455. The highest BCUT2D eigenvalue weighted by Crippen LogP contribution is 2.17. The minimum Gasteiger partial charge on any atom is -0.388 e. The Hall–Kier alpha value is -1.22. The maximum absolute atomic E-state index is 3.35. The fourth-order valence-corrected chi connectivity index (χ4v) is 1.76. The van der Waals surface area contributed by atoms with Crippen LogP contribution in [0.3, 0.4) is 0 Å². The zero-order valence-corrected chi connectivity index (χ0v) is 8.59. The predicted molar refractivity (Wildman–Crippen MR) is 61.1 cm³/mol. The summed E-state index contributed by atoms with van der Waals surface area (Å²) in [6.45, 7) is 4.40. The van der Waals surface area contributed by atoms with Gasteiger partial charge in [0.2, 0.25) is 0 Å². The van der Waals surface area contributed by atoms with E-state index in [9.17, 15) is 0 Å². The van der Waals surface area contributed by atoms with E-state index in [2.05, 4.69) is 39.8 Å². The summed E-state index contributed by atoms with van der Waals surface area (Å²) in [6.07, 6.45) is 0. The zero-order chi connectivity index (χ0) is 9.80. The van der Waals surface area contributed by atoms with Crippen molar-refractivity contribution >= 4 is 11.4 Å². The van der Waals surface area contributed by atoms with Crippen LogP contribution in [0.15, 0.2) is 24.3 Å². The van der Waals surface area contributed by atoms with Gasteiger partial charge in [0.25, 0.3) is 0 Å². The molecule has 0 amide bonds. The highest BCUT2D eigenvalue weighted by Gasteiger charge is 2.09. The number of nitrogens with zero attached hydrogens (tertiary/aromatic N) is 1. The summed E-state index contributed by atoms with van der Waals surface area (Å²) in [5, 5.41) is 6.48.